The van der Waals surface area contributed by atoms with Crippen LogP contribution >= 0.6 is 24.0 Å². The summed E-state index contributed by atoms with van der Waals surface area (Å²) in [6.45, 7) is 6.22. The number of aliphatic imine (C=N–C) groups is 1. The molecule has 136 valence electrons. The molecular formula is C19H28IN5. The zero-order chi connectivity index (χ0) is 17.2. The molecule has 1 heterocycles. The summed E-state index contributed by atoms with van der Waals surface area (Å²) in [5.41, 5.74) is 2.39. The fourth-order valence-corrected chi connectivity index (χ4v) is 2.50. The number of nitrogens with one attached hydrogen (secondary N) is 1. The van der Waals surface area contributed by atoms with Gasteiger partial charge in [0.1, 0.15) is 0 Å². The normalized spacial score (nSPS) is 10.9. The van der Waals surface area contributed by atoms with E-state index in [0.717, 1.165) is 37.5 Å². The molecule has 0 aliphatic heterocycles. The molecule has 0 atom stereocenters. The van der Waals surface area contributed by atoms with Crippen LogP contribution in [0.3, 0.4) is 0 Å². The third-order valence-electron chi connectivity index (χ3n) is 3.80. The summed E-state index contributed by atoms with van der Waals surface area (Å²) in [6.07, 6.45) is 8.03. The summed E-state index contributed by atoms with van der Waals surface area (Å²) in [6, 6.07) is 10.3. The van der Waals surface area contributed by atoms with Crippen molar-refractivity contribution >= 4 is 29.9 Å². The molecule has 0 spiro atoms. The maximum atomic E-state index is 4.43. The zero-order valence-electron chi connectivity index (χ0n) is 15.1. The van der Waals surface area contributed by atoms with Crippen LogP contribution in [0.15, 0.2) is 60.4 Å². The Balaban J connectivity index is 0.00000312. The number of guanidine groups is 1. The van der Waals surface area contributed by atoms with E-state index in [-0.39, 0.29) is 24.0 Å². The number of benzene rings is 1. The predicted octanol–water partition coefficient (Wildman–Crippen LogP) is 3.52. The molecule has 0 bridgehead atoms. The van der Waals surface area contributed by atoms with Crippen molar-refractivity contribution in [2.75, 3.05) is 20.6 Å². The second kappa shape index (κ2) is 11.7. The molecule has 0 amide bonds. The van der Waals surface area contributed by atoms with Gasteiger partial charge in [0.25, 0.3) is 0 Å². The molecule has 0 saturated carbocycles. The van der Waals surface area contributed by atoms with Gasteiger partial charge in [-0.1, -0.05) is 36.4 Å². The van der Waals surface area contributed by atoms with E-state index in [9.17, 15) is 0 Å². The highest BCUT2D eigenvalue weighted by Crippen LogP contribution is 2.04. The highest BCUT2D eigenvalue weighted by Gasteiger charge is 2.06. The first-order valence-electron chi connectivity index (χ1n) is 8.31. The van der Waals surface area contributed by atoms with Gasteiger partial charge in [-0.2, -0.15) is 5.10 Å². The molecule has 1 aromatic heterocycles. The monoisotopic (exact) mass is 453 g/mol. The molecule has 0 fully saturated rings. The van der Waals surface area contributed by atoms with E-state index in [4.69, 9.17) is 0 Å². The number of aromatic nitrogens is 2. The van der Waals surface area contributed by atoms with Crippen LogP contribution in [0.4, 0.5) is 0 Å². The van der Waals surface area contributed by atoms with E-state index in [0.29, 0.717) is 6.54 Å². The third kappa shape index (κ3) is 7.29. The summed E-state index contributed by atoms with van der Waals surface area (Å²) >= 11 is 0. The Kier molecular flexibility index (Phi) is 9.91. The number of halogens is 1. The van der Waals surface area contributed by atoms with Gasteiger partial charge in [-0.05, 0) is 18.4 Å². The number of rotatable bonds is 8. The Bertz CT molecular complexity index is 651. The lowest BCUT2D eigenvalue weighted by molar-refractivity contribution is 0.470. The molecule has 0 radical (unpaired) electrons. The van der Waals surface area contributed by atoms with Crippen LogP contribution in [0.25, 0.3) is 0 Å². The third-order valence-corrected chi connectivity index (χ3v) is 3.80. The van der Waals surface area contributed by atoms with Crippen LogP contribution in [0, 0.1) is 0 Å². The van der Waals surface area contributed by atoms with E-state index in [1.807, 2.05) is 42.2 Å². The molecular weight excluding hydrogens is 425 g/mol. The first-order chi connectivity index (χ1) is 11.7. The van der Waals surface area contributed by atoms with Crippen LogP contribution < -0.4 is 5.32 Å². The molecule has 2 aromatic rings. The van der Waals surface area contributed by atoms with E-state index >= 15 is 0 Å². The summed E-state index contributed by atoms with van der Waals surface area (Å²) in [5, 5.41) is 7.82. The quantitative estimate of drug-likeness (QED) is 0.219. The van der Waals surface area contributed by atoms with Crippen molar-refractivity contribution in [1.29, 1.82) is 0 Å². The molecule has 5 nitrogen and oxygen atoms in total. The van der Waals surface area contributed by atoms with E-state index in [1.165, 1.54) is 5.56 Å². The van der Waals surface area contributed by atoms with Crippen molar-refractivity contribution in [2.45, 2.75) is 25.9 Å². The van der Waals surface area contributed by atoms with E-state index in [1.54, 1.807) is 0 Å². The molecule has 25 heavy (non-hydrogen) atoms. The maximum absolute atomic E-state index is 4.43. The first-order valence-corrected chi connectivity index (χ1v) is 8.31. The lowest BCUT2D eigenvalue weighted by atomic mass is 10.2. The second-order valence-corrected chi connectivity index (χ2v) is 5.78. The number of hydrogen-bond acceptors (Lipinski definition) is 2. The summed E-state index contributed by atoms with van der Waals surface area (Å²) in [4.78, 5) is 6.47. The molecule has 0 aliphatic carbocycles. The zero-order valence-corrected chi connectivity index (χ0v) is 17.4. The number of allylic oxidation sites excluding steroid dienone is 1. The van der Waals surface area contributed by atoms with Gasteiger partial charge in [0.05, 0.1) is 12.7 Å². The fraction of sp³-hybridized carbons (Fsp3) is 0.368. The summed E-state index contributed by atoms with van der Waals surface area (Å²) in [7, 11) is 3.86. The van der Waals surface area contributed by atoms with Gasteiger partial charge >= 0.3 is 0 Å². The molecule has 0 aliphatic rings. The highest BCUT2D eigenvalue weighted by molar-refractivity contribution is 14.0. The minimum absolute atomic E-state index is 0. The SMILES string of the molecule is C=CCCCN(C)C(=NC)NCc1cnn(Cc2ccccc2)c1.I. The van der Waals surface area contributed by atoms with Gasteiger partial charge in [-0.25, -0.2) is 0 Å². The Morgan fingerprint density at radius 3 is 2.76 bits per heavy atom. The van der Waals surface area contributed by atoms with E-state index in [2.05, 4.69) is 52.3 Å². The van der Waals surface area contributed by atoms with E-state index < -0.39 is 0 Å². The standard InChI is InChI=1S/C19H27N5.HI/c1-4-5-9-12-23(3)19(20-2)21-13-18-14-22-24(16-18)15-17-10-7-6-8-11-17;/h4,6-8,10-11,14,16H,1,5,9,12-13,15H2,2-3H3,(H,20,21);1H. The minimum Gasteiger partial charge on any atom is -0.352 e. The van der Waals surface area contributed by atoms with Crippen molar-refractivity contribution in [3.63, 3.8) is 0 Å². The highest BCUT2D eigenvalue weighted by atomic mass is 127. The Morgan fingerprint density at radius 1 is 1.32 bits per heavy atom. The molecule has 1 N–H and O–H groups in total. The Hall–Kier alpha value is -1.83. The Morgan fingerprint density at radius 2 is 2.08 bits per heavy atom. The van der Waals surface area contributed by atoms with Gasteiger partial charge in [0, 0.05) is 38.9 Å². The second-order valence-electron chi connectivity index (χ2n) is 5.78. The van der Waals surface area contributed by atoms with Crippen LogP contribution in [-0.2, 0) is 13.1 Å². The largest absolute Gasteiger partial charge is 0.352 e. The molecule has 2 rings (SSSR count). The topological polar surface area (TPSA) is 45.4 Å². The average Bonchev–Trinajstić information content (AvgIpc) is 3.04. The van der Waals surface area contributed by atoms with Crippen LogP contribution in [0.2, 0.25) is 0 Å². The minimum atomic E-state index is 0. The average molecular weight is 453 g/mol. The van der Waals surface area contributed by atoms with Crippen molar-refractivity contribution in [1.82, 2.24) is 20.0 Å². The fourth-order valence-electron chi connectivity index (χ4n) is 2.50. The van der Waals surface area contributed by atoms with Crippen LogP contribution in [0.1, 0.15) is 24.0 Å². The molecule has 6 heteroatoms. The number of unbranched alkanes of at least 4 members (excludes halogenated alkanes) is 1. The lowest BCUT2D eigenvalue weighted by Crippen LogP contribution is -2.38. The summed E-state index contributed by atoms with van der Waals surface area (Å²) in [5.74, 6) is 0.898. The molecule has 0 unspecified atom stereocenters. The number of nitrogens with zero attached hydrogens (tertiary/aromatic N) is 4. The van der Waals surface area contributed by atoms with Crippen LogP contribution in [-0.4, -0.2) is 41.3 Å². The maximum Gasteiger partial charge on any atom is 0.193 e. The smallest absolute Gasteiger partial charge is 0.193 e. The number of hydrogen-bond donors (Lipinski definition) is 1. The van der Waals surface area contributed by atoms with Crippen LogP contribution in [0.5, 0.6) is 0 Å². The van der Waals surface area contributed by atoms with Gasteiger partial charge < -0.3 is 10.2 Å². The van der Waals surface area contributed by atoms with Crippen molar-refractivity contribution in [3.05, 3.63) is 66.5 Å². The predicted molar refractivity (Wildman–Crippen MR) is 115 cm³/mol. The van der Waals surface area contributed by atoms with Crippen molar-refractivity contribution in [3.8, 4) is 0 Å². The van der Waals surface area contributed by atoms with Gasteiger partial charge in [0.15, 0.2) is 5.96 Å². The summed E-state index contributed by atoms with van der Waals surface area (Å²) < 4.78 is 1.96. The lowest BCUT2D eigenvalue weighted by Gasteiger charge is -2.21. The molecule has 1 aromatic carbocycles. The van der Waals surface area contributed by atoms with Crippen molar-refractivity contribution in [2.24, 2.45) is 4.99 Å². The van der Waals surface area contributed by atoms with Gasteiger partial charge in [-0.3, -0.25) is 9.67 Å². The van der Waals surface area contributed by atoms with Gasteiger partial charge in [0.2, 0.25) is 0 Å². The first kappa shape index (κ1) is 21.2. The molecule has 0 saturated heterocycles. The Labute approximate surface area is 167 Å². The van der Waals surface area contributed by atoms with Gasteiger partial charge in [-0.15, -0.1) is 30.6 Å². The van der Waals surface area contributed by atoms with Crippen molar-refractivity contribution < 1.29 is 0 Å².